The van der Waals surface area contributed by atoms with Crippen molar-refractivity contribution >= 4 is 11.7 Å². The van der Waals surface area contributed by atoms with Crippen molar-refractivity contribution < 1.29 is 9.90 Å². The summed E-state index contributed by atoms with van der Waals surface area (Å²) in [6, 6.07) is -0.986. The Balaban J connectivity index is 3.63. The number of nitrogens with one attached hydrogen (secondary N) is 1. The lowest BCUT2D eigenvalue weighted by atomic mass is 10.0. The summed E-state index contributed by atoms with van der Waals surface area (Å²) in [5.41, 5.74) is 11.4. The summed E-state index contributed by atoms with van der Waals surface area (Å²) >= 11 is 0. The standard InChI is InChI=1S/C8H17N3O2/c1-5(9)4-6(10)2-3-7(11)8(12)13/h6-7,9H,2-4,10-11H2,1H3,(H,12,13). The summed E-state index contributed by atoms with van der Waals surface area (Å²) in [6.45, 7) is 1.68. The molecule has 2 unspecified atom stereocenters. The molecule has 13 heavy (non-hydrogen) atoms. The van der Waals surface area contributed by atoms with Crippen LogP contribution in [0.3, 0.4) is 0 Å². The summed E-state index contributed by atoms with van der Waals surface area (Å²) < 4.78 is 0. The second kappa shape index (κ2) is 5.66. The van der Waals surface area contributed by atoms with E-state index in [0.717, 1.165) is 0 Å². The number of nitrogens with two attached hydrogens (primary N) is 2. The summed E-state index contributed by atoms with van der Waals surface area (Å²) in [7, 11) is 0. The summed E-state index contributed by atoms with van der Waals surface area (Å²) in [6.07, 6.45) is 1.42. The highest BCUT2D eigenvalue weighted by Crippen LogP contribution is 2.02. The van der Waals surface area contributed by atoms with Crippen LogP contribution in [-0.2, 0) is 4.79 Å². The van der Waals surface area contributed by atoms with Gasteiger partial charge >= 0.3 is 5.97 Å². The van der Waals surface area contributed by atoms with Crippen molar-refractivity contribution in [1.29, 1.82) is 5.41 Å². The van der Waals surface area contributed by atoms with Gasteiger partial charge in [-0.2, -0.15) is 0 Å². The van der Waals surface area contributed by atoms with Gasteiger partial charge in [-0.3, -0.25) is 4.79 Å². The van der Waals surface area contributed by atoms with E-state index in [4.69, 9.17) is 22.0 Å². The maximum absolute atomic E-state index is 10.3. The molecule has 0 aliphatic carbocycles. The number of carboxylic acids is 1. The van der Waals surface area contributed by atoms with Crippen molar-refractivity contribution in [3.63, 3.8) is 0 Å². The van der Waals surface area contributed by atoms with Crippen LogP contribution in [0.1, 0.15) is 26.2 Å². The van der Waals surface area contributed by atoms with Gasteiger partial charge in [-0.1, -0.05) is 0 Å². The first kappa shape index (κ1) is 12.1. The maximum Gasteiger partial charge on any atom is 0.320 e. The highest BCUT2D eigenvalue weighted by atomic mass is 16.4. The molecule has 6 N–H and O–H groups in total. The summed E-state index contributed by atoms with van der Waals surface area (Å²) in [5.74, 6) is -1.00. The molecule has 5 nitrogen and oxygen atoms in total. The molecule has 0 radical (unpaired) electrons. The van der Waals surface area contributed by atoms with Gasteiger partial charge in [0, 0.05) is 11.8 Å². The van der Waals surface area contributed by atoms with Crippen LogP contribution in [0.2, 0.25) is 0 Å². The first-order chi connectivity index (χ1) is 5.93. The molecule has 2 atom stereocenters. The molecule has 0 spiro atoms. The fourth-order valence-electron chi connectivity index (χ4n) is 1.01. The van der Waals surface area contributed by atoms with Gasteiger partial charge in [-0.15, -0.1) is 0 Å². The normalized spacial score (nSPS) is 15.0. The van der Waals surface area contributed by atoms with Crippen molar-refractivity contribution in [1.82, 2.24) is 0 Å². The maximum atomic E-state index is 10.3. The van der Waals surface area contributed by atoms with Gasteiger partial charge in [0.1, 0.15) is 6.04 Å². The van der Waals surface area contributed by atoms with Crippen molar-refractivity contribution in [2.75, 3.05) is 0 Å². The van der Waals surface area contributed by atoms with Gasteiger partial charge in [0.2, 0.25) is 0 Å². The van der Waals surface area contributed by atoms with Crippen LogP contribution in [0.4, 0.5) is 0 Å². The van der Waals surface area contributed by atoms with Crippen LogP contribution in [0.5, 0.6) is 0 Å². The first-order valence-electron chi connectivity index (χ1n) is 4.21. The number of aliphatic carboxylic acids is 1. The van der Waals surface area contributed by atoms with E-state index in [9.17, 15) is 4.79 Å². The van der Waals surface area contributed by atoms with E-state index in [2.05, 4.69) is 0 Å². The lowest BCUT2D eigenvalue weighted by Gasteiger charge is -2.12. The van der Waals surface area contributed by atoms with Crippen molar-refractivity contribution in [2.24, 2.45) is 11.5 Å². The minimum absolute atomic E-state index is 0.150. The van der Waals surface area contributed by atoms with Gasteiger partial charge in [0.25, 0.3) is 0 Å². The Labute approximate surface area is 77.6 Å². The quantitative estimate of drug-likeness (QED) is 0.436. The average Bonchev–Trinajstić information content (AvgIpc) is 1.98. The lowest BCUT2D eigenvalue weighted by molar-refractivity contribution is -0.138. The number of rotatable bonds is 6. The molecule has 76 valence electrons. The van der Waals surface area contributed by atoms with E-state index < -0.39 is 12.0 Å². The van der Waals surface area contributed by atoms with E-state index in [1.807, 2.05) is 0 Å². The Morgan fingerprint density at radius 1 is 1.46 bits per heavy atom. The van der Waals surface area contributed by atoms with Gasteiger partial charge < -0.3 is 22.0 Å². The third-order valence-corrected chi connectivity index (χ3v) is 1.73. The fraction of sp³-hybridized carbons (Fsp3) is 0.750. The van der Waals surface area contributed by atoms with Crippen LogP contribution >= 0.6 is 0 Å². The van der Waals surface area contributed by atoms with Gasteiger partial charge in [-0.25, -0.2) is 0 Å². The van der Waals surface area contributed by atoms with Gasteiger partial charge in [0.15, 0.2) is 0 Å². The molecular formula is C8H17N3O2. The Morgan fingerprint density at radius 3 is 2.38 bits per heavy atom. The highest BCUT2D eigenvalue weighted by molar-refractivity contribution is 5.79. The smallest absolute Gasteiger partial charge is 0.320 e. The second-order valence-corrected chi connectivity index (χ2v) is 3.27. The van der Waals surface area contributed by atoms with Crippen LogP contribution in [-0.4, -0.2) is 28.9 Å². The summed E-state index contributed by atoms with van der Waals surface area (Å²) in [5, 5.41) is 15.6. The predicted octanol–water partition coefficient (Wildman–Crippen LogP) is -0.0644. The zero-order valence-electron chi connectivity index (χ0n) is 7.79. The van der Waals surface area contributed by atoms with Gasteiger partial charge in [-0.05, 0) is 26.2 Å². The predicted molar refractivity (Wildman–Crippen MR) is 50.8 cm³/mol. The van der Waals surface area contributed by atoms with E-state index in [-0.39, 0.29) is 6.04 Å². The topological polar surface area (TPSA) is 113 Å². The zero-order valence-corrected chi connectivity index (χ0v) is 7.79. The Morgan fingerprint density at radius 2 is 2.00 bits per heavy atom. The molecule has 0 rings (SSSR count). The van der Waals surface area contributed by atoms with Crippen LogP contribution in [0.15, 0.2) is 0 Å². The van der Waals surface area contributed by atoms with Gasteiger partial charge in [0.05, 0.1) is 0 Å². The van der Waals surface area contributed by atoms with Crippen molar-refractivity contribution in [3.05, 3.63) is 0 Å². The number of hydrogen-bond donors (Lipinski definition) is 4. The van der Waals surface area contributed by atoms with Crippen LogP contribution in [0.25, 0.3) is 0 Å². The molecule has 0 aromatic carbocycles. The Hall–Kier alpha value is -0.940. The van der Waals surface area contributed by atoms with E-state index >= 15 is 0 Å². The highest BCUT2D eigenvalue weighted by Gasteiger charge is 2.13. The lowest BCUT2D eigenvalue weighted by Crippen LogP contribution is -2.33. The zero-order chi connectivity index (χ0) is 10.4. The van der Waals surface area contributed by atoms with Crippen molar-refractivity contribution in [3.8, 4) is 0 Å². The van der Waals surface area contributed by atoms with E-state index in [1.54, 1.807) is 6.92 Å². The Bertz CT molecular complexity index is 194. The molecule has 0 saturated heterocycles. The third-order valence-electron chi connectivity index (χ3n) is 1.73. The van der Waals surface area contributed by atoms with Crippen LogP contribution in [0, 0.1) is 5.41 Å². The molecule has 0 bridgehead atoms. The van der Waals surface area contributed by atoms with Crippen LogP contribution < -0.4 is 11.5 Å². The molecule has 0 saturated carbocycles. The SMILES string of the molecule is CC(=N)CC(N)CCC(N)C(=O)O. The molecular weight excluding hydrogens is 170 g/mol. The minimum Gasteiger partial charge on any atom is -0.480 e. The molecule has 0 aromatic rings. The molecule has 0 aliphatic rings. The average molecular weight is 187 g/mol. The number of carboxylic acid groups (broad SMARTS) is 1. The summed E-state index contributed by atoms with van der Waals surface area (Å²) in [4.78, 5) is 10.3. The third kappa shape index (κ3) is 6.24. The molecule has 0 amide bonds. The number of hydrogen-bond acceptors (Lipinski definition) is 4. The largest absolute Gasteiger partial charge is 0.480 e. The van der Waals surface area contributed by atoms with E-state index in [1.165, 1.54) is 0 Å². The molecule has 0 aliphatic heterocycles. The Kier molecular flexibility index (Phi) is 5.25. The van der Waals surface area contributed by atoms with Crippen molar-refractivity contribution in [2.45, 2.75) is 38.3 Å². The molecule has 5 heteroatoms. The first-order valence-corrected chi connectivity index (χ1v) is 4.21. The molecule has 0 fully saturated rings. The second-order valence-electron chi connectivity index (χ2n) is 3.27. The minimum atomic E-state index is -1.00. The monoisotopic (exact) mass is 187 g/mol. The molecule has 0 aromatic heterocycles. The number of carbonyl (C=O) groups is 1. The van der Waals surface area contributed by atoms with E-state index in [0.29, 0.717) is 25.0 Å². The fourth-order valence-corrected chi connectivity index (χ4v) is 1.01. The molecule has 0 heterocycles.